The quantitative estimate of drug-likeness (QED) is 0.870. The van der Waals surface area contributed by atoms with E-state index in [9.17, 15) is 0 Å². The van der Waals surface area contributed by atoms with Gasteiger partial charge in [0.25, 0.3) is 0 Å². The fourth-order valence-corrected chi connectivity index (χ4v) is 2.27. The van der Waals surface area contributed by atoms with Gasteiger partial charge in [-0.1, -0.05) is 19.1 Å². The van der Waals surface area contributed by atoms with Gasteiger partial charge in [-0.05, 0) is 31.0 Å². The van der Waals surface area contributed by atoms with Crippen LogP contribution >= 0.6 is 11.3 Å². The summed E-state index contributed by atoms with van der Waals surface area (Å²) in [5, 5.41) is 4.52. The van der Waals surface area contributed by atoms with Crippen LogP contribution in [-0.2, 0) is 13.0 Å². The molecule has 0 radical (unpaired) electrons. The Morgan fingerprint density at radius 3 is 2.56 bits per heavy atom. The Bertz CT molecular complexity index is 445. The molecule has 0 aliphatic carbocycles. The van der Waals surface area contributed by atoms with Crippen molar-refractivity contribution in [2.45, 2.75) is 26.8 Å². The van der Waals surface area contributed by atoms with Gasteiger partial charge in [0, 0.05) is 16.8 Å². The van der Waals surface area contributed by atoms with E-state index in [1.165, 1.54) is 16.1 Å². The predicted molar refractivity (Wildman–Crippen MR) is 70.0 cm³/mol. The summed E-state index contributed by atoms with van der Waals surface area (Å²) in [5.41, 5.74) is 2.54. The zero-order valence-corrected chi connectivity index (χ0v) is 10.5. The molecule has 0 bridgehead atoms. The smallest absolute Gasteiger partial charge is 0.0897 e. The lowest BCUT2D eigenvalue weighted by Gasteiger charge is -2.05. The molecule has 0 saturated carbocycles. The van der Waals surface area contributed by atoms with Crippen molar-refractivity contribution in [3.05, 3.63) is 45.9 Å². The Kier molecular flexibility index (Phi) is 3.57. The molecule has 2 aromatic rings. The zero-order chi connectivity index (χ0) is 11.4. The Hall–Kier alpha value is -1.35. The summed E-state index contributed by atoms with van der Waals surface area (Å²) in [6, 6.07) is 8.60. The van der Waals surface area contributed by atoms with Crippen molar-refractivity contribution in [1.29, 1.82) is 0 Å². The first-order chi connectivity index (χ1) is 7.78. The van der Waals surface area contributed by atoms with E-state index in [1.807, 2.05) is 13.1 Å². The molecule has 0 spiro atoms. The third kappa shape index (κ3) is 2.83. The van der Waals surface area contributed by atoms with Gasteiger partial charge in [-0.15, -0.1) is 11.3 Å². The van der Waals surface area contributed by atoms with Crippen LogP contribution in [-0.4, -0.2) is 4.98 Å². The minimum absolute atomic E-state index is 0.858. The molecule has 1 heterocycles. The van der Waals surface area contributed by atoms with E-state index >= 15 is 0 Å². The predicted octanol–water partition coefficient (Wildman–Crippen LogP) is 3.63. The molecule has 0 saturated heterocycles. The molecule has 1 N–H and O–H groups in total. The fraction of sp³-hybridized carbons (Fsp3) is 0.308. The van der Waals surface area contributed by atoms with Crippen LogP contribution in [0.3, 0.4) is 0 Å². The first kappa shape index (κ1) is 11.1. The molecular formula is C13H16N2S. The Labute approximate surface area is 100 Å². The lowest BCUT2D eigenvalue weighted by atomic mass is 10.1. The van der Waals surface area contributed by atoms with Crippen molar-refractivity contribution in [1.82, 2.24) is 4.98 Å². The number of aryl methyl sites for hydroxylation is 2. The second-order valence-corrected chi connectivity index (χ2v) is 5.07. The van der Waals surface area contributed by atoms with Crippen molar-refractivity contribution in [3.63, 3.8) is 0 Å². The minimum atomic E-state index is 0.858. The number of thiazole rings is 1. The number of aromatic nitrogens is 1. The van der Waals surface area contributed by atoms with E-state index in [4.69, 9.17) is 0 Å². The van der Waals surface area contributed by atoms with Crippen LogP contribution in [0.5, 0.6) is 0 Å². The maximum absolute atomic E-state index is 4.23. The molecule has 0 atom stereocenters. The number of hydrogen-bond donors (Lipinski definition) is 1. The fourth-order valence-electron chi connectivity index (χ4n) is 1.53. The van der Waals surface area contributed by atoms with E-state index in [0.717, 1.165) is 18.0 Å². The summed E-state index contributed by atoms with van der Waals surface area (Å²) < 4.78 is 0. The first-order valence-electron chi connectivity index (χ1n) is 5.52. The number of benzene rings is 1. The van der Waals surface area contributed by atoms with E-state index < -0.39 is 0 Å². The summed E-state index contributed by atoms with van der Waals surface area (Å²) in [6.07, 6.45) is 3.03. The maximum atomic E-state index is 4.23. The van der Waals surface area contributed by atoms with Gasteiger partial charge < -0.3 is 5.32 Å². The third-order valence-electron chi connectivity index (χ3n) is 2.50. The van der Waals surface area contributed by atoms with E-state index in [-0.39, 0.29) is 0 Å². The van der Waals surface area contributed by atoms with Crippen molar-refractivity contribution in [3.8, 4) is 0 Å². The Morgan fingerprint density at radius 2 is 2.00 bits per heavy atom. The second kappa shape index (κ2) is 5.12. The van der Waals surface area contributed by atoms with Gasteiger partial charge in [-0.2, -0.15) is 0 Å². The van der Waals surface area contributed by atoms with Gasteiger partial charge in [0.2, 0.25) is 0 Å². The highest BCUT2D eigenvalue weighted by molar-refractivity contribution is 7.11. The lowest BCUT2D eigenvalue weighted by Crippen LogP contribution is -1.97. The molecule has 0 aliphatic heterocycles. The highest BCUT2D eigenvalue weighted by Gasteiger charge is 1.98. The lowest BCUT2D eigenvalue weighted by molar-refractivity contribution is 1.13. The number of hydrogen-bond acceptors (Lipinski definition) is 3. The van der Waals surface area contributed by atoms with Gasteiger partial charge in [0.15, 0.2) is 0 Å². The molecule has 1 aromatic carbocycles. The number of anilines is 1. The van der Waals surface area contributed by atoms with Crippen molar-refractivity contribution in [2.24, 2.45) is 0 Å². The van der Waals surface area contributed by atoms with E-state index in [0.29, 0.717) is 0 Å². The first-order valence-corrected chi connectivity index (χ1v) is 6.33. The van der Waals surface area contributed by atoms with Gasteiger partial charge in [0.05, 0.1) is 11.6 Å². The van der Waals surface area contributed by atoms with Gasteiger partial charge in [0.1, 0.15) is 0 Å². The van der Waals surface area contributed by atoms with Gasteiger partial charge >= 0.3 is 0 Å². The number of rotatable bonds is 4. The summed E-state index contributed by atoms with van der Waals surface area (Å²) in [5.74, 6) is 0. The monoisotopic (exact) mass is 232 g/mol. The summed E-state index contributed by atoms with van der Waals surface area (Å²) in [4.78, 5) is 5.51. The molecule has 84 valence electrons. The van der Waals surface area contributed by atoms with Crippen LogP contribution in [0.25, 0.3) is 0 Å². The minimum Gasteiger partial charge on any atom is -0.380 e. The van der Waals surface area contributed by atoms with Crippen LogP contribution in [0.4, 0.5) is 5.69 Å². The number of nitrogens with zero attached hydrogens (tertiary/aromatic N) is 1. The average Bonchev–Trinajstić information content (AvgIpc) is 2.73. The summed E-state index contributed by atoms with van der Waals surface area (Å²) in [6.45, 7) is 5.06. The molecule has 2 nitrogen and oxygen atoms in total. The zero-order valence-electron chi connectivity index (χ0n) is 9.66. The molecule has 0 amide bonds. The Morgan fingerprint density at radius 1 is 1.25 bits per heavy atom. The Balaban J connectivity index is 1.94. The molecule has 16 heavy (non-hydrogen) atoms. The van der Waals surface area contributed by atoms with Gasteiger partial charge in [-0.3, -0.25) is 0 Å². The largest absolute Gasteiger partial charge is 0.380 e. The van der Waals surface area contributed by atoms with Crippen molar-refractivity contribution < 1.29 is 0 Å². The third-order valence-corrected chi connectivity index (χ3v) is 3.41. The maximum Gasteiger partial charge on any atom is 0.0897 e. The second-order valence-electron chi connectivity index (χ2n) is 3.75. The van der Waals surface area contributed by atoms with Crippen LogP contribution < -0.4 is 5.32 Å². The normalized spacial score (nSPS) is 10.4. The van der Waals surface area contributed by atoms with Crippen LogP contribution in [0.15, 0.2) is 30.5 Å². The van der Waals surface area contributed by atoms with Gasteiger partial charge in [-0.25, -0.2) is 4.98 Å². The van der Waals surface area contributed by atoms with E-state index in [2.05, 4.69) is 41.5 Å². The van der Waals surface area contributed by atoms with Crippen molar-refractivity contribution >= 4 is 17.0 Å². The summed E-state index contributed by atoms with van der Waals surface area (Å²) >= 11 is 1.74. The molecule has 0 unspecified atom stereocenters. The molecule has 0 aliphatic rings. The molecular weight excluding hydrogens is 216 g/mol. The topological polar surface area (TPSA) is 24.9 Å². The SMILES string of the molecule is CCc1ccc(NCc2cnc(C)s2)cc1. The highest BCUT2D eigenvalue weighted by Crippen LogP contribution is 2.15. The number of nitrogens with one attached hydrogen (secondary N) is 1. The van der Waals surface area contributed by atoms with Crippen LogP contribution in [0.2, 0.25) is 0 Å². The van der Waals surface area contributed by atoms with E-state index in [1.54, 1.807) is 11.3 Å². The average molecular weight is 232 g/mol. The molecule has 3 heteroatoms. The molecule has 2 rings (SSSR count). The summed E-state index contributed by atoms with van der Waals surface area (Å²) in [7, 11) is 0. The highest BCUT2D eigenvalue weighted by atomic mass is 32.1. The van der Waals surface area contributed by atoms with Crippen molar-refractivity contribution in [2.75, 3.05) is 5.32 Å². The van der Waals surface area contributed by atoms with Crippen LogP contribution in [0, 0.1) is 6.92 Å². The molecule has 1 aromatic heterocycles. The molecule has 0 fully saturated rings. The van der Waals surface area contributed by atoms with Crippen LogP contribution in [0.1, 0.15) is 22.4 Å². The standard InChI is InChI=1S/C13H16N2S/c1-3-11-4-6-12(7-5-11)15-9-13-8-14-10(2)16-13/h4-8,15H,3,9H2,1-2H3.